The summed E-state index contributed by atoms with van der Waals surface area (Å²) in [4.78, 5) is 13.7. The van der Waals surface area contributed by atoms with Gasteiger partial charge in [-0.3, -0.25) is 9.69 Å². The van der Waals surface area contributed by atoms with Crippen molar-refractivity contribution in [1.29, 1.82) is 0 Å². The Hall–Kier alpha value is -1.33. The average molecular weight is 251 g/mol. The summed E-state index contributed by atoms with van der Waals surface area (Å²) in [6, 6.07) is 1.94. The van der Waals surface area contributed by atoms with Crippen molar-refractivity contribution in [3.05, 3.63) is 23.2 Å². The molecule has 1 amide bonds. The molecule has 1 saturated heterocycles. The van der Waals surface area contributed by atoms with E-state index < -0.39 is 0 Å². The second-order valence-corrected chi connectivity index (χ2v) is 4.90. The summed E-state index contributed by atoms with van der Waals surface area (Å²) >= 11 is 0. The van der Waals surface area contributed by atoms with Gasteiger partial charge >= 0.3 is 0 Å². The van der Waals surface area contributed by atoms with Gasteiger partial charge in [-0.25, -0.2) is 0 Å². The molecule has 2 heterocycles. The first-order valence-electron chi connectivity index (χ1n) is 6.33. The highest BCUT2D eigenvalue weighted by Crippen LogP contribution is 2.28. The zero-order valence-corrected chi connectivity index (χ0v) is 11.2. The molecule has 0 spiro atoms. The van der Waals surface area contributed by atoms with E-state index in [1.54, 1.807) is 0 Å². The van der Waals surface area contributed by atoms with Crippen molar-refractivity contribution in [2.75, 3.05) is 19.6 Å². The quantitative estimate of drug-likeness (QED) is 0.830. The Kier molecular flexibility index (Phi) is 3.73. The summed E-state index contributed by atoms with van der Waals surface area (Å²) in [5.41, 5.74) is 6.61. The molecule has 5 nitrogen and oxygen atoms in total. The number of carbonyl (C=O) groups excluding carboxylic acids is 1. The minimum atomic E-state index is -0.271. The minimum Gasteiger partial charge on any atom is -0.466 e. The Morgan fingerprint density at radius 2 is 2.33 bits per heavy atom. The van der Waals surface area contributed by atoms with Crippen LogP contribution in [0.2, 0.25) is 0 Å². The van der Waals surface area contributed by atoms with E-state index in [1.807, 2.05) is 19.9 Å². The van der Waals surface area contributed by atoms with Crippen LogP contribution in [0, 0.1) is 13.8 Å². The number of rotatable bonds is 3. The molecule has 1 fully saturated rings. The fourth-order valence-electron chi connectivity index (χ4n) is 2.69. The third-order valence-corrected chi connectivity index (χ3v) is 3.64. The van der Waals surface area contributed by atoms with Crippen LogP contribution in [0.25, 0.3) is 0 Å². The average Bonchev–Trinajstić information content (AvgIpc) is 2.67. The Morgan fingerprint density at radius 1 is 1.61 bits per heavy atom. The van der Waals surface area contributed by atoms with E-state index >= 15 is 0 Å². The number of piperazine rings is 1. The SMILES string of the molecule is Cc1cc(C(C)N2CCNCC2C(N)=O)c(C)o1. The molecule has 1 aromatic rings. The standard InChI is InChI=1S/C13H21N3O2/c1-8-6-11(10(3)18-8)9(2)16-5-4-15-7-12(16)13(14)17/h6,9,12,15H,4-5,7H2,1-3H3,(H2,14,17). The second kappa shape index (κ2) is 5.12. The zero-order valence-electron chi connectivity index (χ0n) is 11.2. The lowest BCUT2D eigenvalue weighted by Crippen LogP contribution is -2.57. The number of furan rings is 1. The highest BCUT2D eigenvalue weighted by Gasteiger charge is 2.32. The molecule has 0 radical (unpaired) electrons. The van der Waals surface area contributed by atoms with Crippen molar-refractivity contribution in [1.82, 2.24) is 10.2 Å². The third kappa shape index (κ3) is 2.42. The summed E-state index contributed by atoms with van der Waals surface area (Å²) in [6.45, 7) is 8.31. The highest BCUT2D eigenvalue weighted by molar-refractivity contribution is 5.80. The van der Waals surface area contributed by atoms with E-state index in [9.17, 15) is 4.79 Å². The number of hydrogen-bond acceptors (Lipinski definition) is 4. The van der Waals surface area contributed by atoms with Gasteiger partial charge in [-0.2, -0.15) is 0 Å². The number of amides is 1. The first kappa shape index (κ1) is 13.1. The van der Waals surface area contributed by atoms with Crippen LogP contribution in [0.15, 0.2) is 10.5 Å². The number of aryl methyl sites for hydroxylation is 2. The van der Waals surface area contributed by atoms with E-state index in [4.69, 9.17) is 10.2 Å². The topological polar surface area (TPSA) is 71.5 Å². The monoisotopic (exact) mass is 251 g/mol. The largest absolute Gasteiger partial charge is 0.466 e. The number of nitrogens with zero attached hydrogens (tertiary/aromatic N) is 1. The van der Waals surface area contributed by atoms with Crippen molar-refractivity contribution in [3.8, 4) is 0 Å². The molecule has 2 unspecified atom stereocenters. The molecule has 1 aliphatic rings. The van der Waals surface area contributed by atoms with Gasteiger partial charge in [0.1, 0.15) is 17.6 Å². The lowest BCUT2D eigenvalue weighted by Gasteiger charge is -2.38. The molecule has 1 aliphatic heterocycles. The summed E-state index contributed by atoms with van der Waals surface area (Å²) in [5.74, 6) is 1.55. The molecule has 0 aromatic carbocycles. The van der Waals surface area contributed by atoms with Crippen LogP contribution < -0.4 is 11.1 Å². The highest BCUT2D eigenvalue weighted by atomic mass is 16.3. The Balaban J connectivity index is 2.23. The van der Waals surface area contributed by atoms with Crippen molar-refractivity contribution in [3.63, 3.8) is 0 Å². The first-order chi connectivity index (χ1) is 8.50. The second-order valence-electron chi connectivity index (χ2n) is 4.90. The lowest BCUT2D eigenvalue weighted by atomic mass is 10.0. The molecular formula is C13H21N3O2. The molecule has 2 atom stereocenters. The number of nitrogens with two attached hydrogens (primary N) is 1. The van der Waals surface area contributed by atoms with E-state index in [0.29, 0.717) is 6.54 Å². The molecule has 5 heteroatoms. The Bertz CT molecular complexity index is 441. The summed E-state index contributed by atoms with van der Waals surface area (Å²) in [5, 5.41) is 3.21. The van der Waals surface area contributed by atoms with Gasteiger partial charge in [0, 0.05) is 31.2 Å². The predicted molar refractivity (Wildman–Crippen MR) is 69.2 cm³/mol. The van der Waals surface area contributed by atoms with Crippen LogP contribution in [0.5, 0.6) is 0 Å². The third-order valence-electron chi connectivity index (χ3n) is 3.64. The van der Waals surface area contributed by atoms with Gasteiger partial charge in [-0.15, -0.1) is 0 Å². The van der Waals surface area contributed by atoms with Gasteiger partial charge in [0.15, 0.2) is 0 Å². The molecule has 2 rings (SSSR count). The summed E-state index contributed by atoms with van der Waals surface area (Å²) in [7, 11) is 0. The first-order valence-corrected chi connectivity index (χ1v) is 6.33. The Labute approximate surface area is 107 Å². The molecular weight excluding hydrogens is 230 g/mol. The maximum Gasteiger partial charge on any atom is 0.236 e. The molecule has 100 valence electrons. The zero-order chi connectivity index (χ0) is 13.3. The number of carbonyl (C=O) groups is 1. The molecule has 0 saturated carbocycles. The molecule has 18 heavy (non-hydrogen) atoms. The van der Waals surface area contributed by atoms with Crippen LogP contribution in [0.1, 0.15) is 30.0 Å². The molecule has 3 N–H and O–H groups in total. The number of hydrogen-bond donors (Lipinski definition) is 2. The van der Waals surface area contributed by atoms with E-state index in [-0.39, 0.29) is 18.0 Å². The van der Waals surface area contributed by atoms with Crippen molar-refractivity contribution < 1.29 is 9.21 Å². The van der Waals surface area contributed by atoms with Gasteiger partial charge in [-0.1, -0.05) is 0 Å². The Morgan fingerprint density at radius 3 is 2.89 bits per heavy atom. The fraction of sp³-hybridized carbons (Fsp3) is 0.615. The number of nitrogens with one attached hydrogen (secondary N) is 1. The lowest BCUT2D eigenvalue weighted by molar-refractivity contribution is -0.124. The van der Waals surface area contributed by atoms with Crippen molar-refractivity contribution >= 4 is 5.91 Å². The van der Waals surface area contributed by atoms with Gasteiger partial charge in [0.05, 0.1) is 0 Å². The predicted octanol–water partition coefficient (Wildman–Crippen LogP) is 0.717. The fourth-order valence-corrected chi connectivity index (χ4v) is 2.69. The van der Waals surface area contributed by atoms with E-state index in [1.165, 1.54) is 0 Å². The summed E-state index contributed by atoms with van der Waals surface area (Å²) in [6.07, 6.45) is 0. The molecule has 1 aromatic heterocycles. The van der Waals surface area contributed by atoms with E-state index in [2.05, 4.69) is 17.1 Å². The molecule has 0 bridgehead atoms. The van der Waals surface area contributed by atoms with Crippen LogP contribution >= 0.6 is 0 Å². The smallest absolute Gasteiger partial charge is 0.236 e. The maximum atomic E-state index is 11.5. The van der Waals surface area contributed by atoms with Gasteiger partial charge < -0.3 is 15.5 Å². The van der Waals surface area contributed by atoms with Crippen molar-refractivity contribution in [2.24, 2.45) is 5.73 Å². The normalized spacial score (nSPS) is 22.9. The van der Waals surface area contributed by atoms with Gasteiger partial charge in [0.2, 0.25) is 5.91 Å². The van der Waals surface area contributed by atoms with E-state index in [0.717, 1.165) is 30.2 Å². The van der Waals surface area contributed by atoms with Crippen LogP contribution in [0.4, 0.5) is 0 Å². The van der Waals surface area contributed by atoms with Crippen LogP contribution in [0.3, 0.4) is 0 Å². The molecule has 0 aliphatic carbocycles. The summed E-state index contributed by atoms with van der Waals surface area (Å²) < 4.78 is 5.56. The number of primary amides is 1. The van der Waals surface area contributed by atoms with Crippen LogP contribution in [-0.4, -0.2) is 36.5 Å². The van der Waals surface area contributed by atoms with Crippen LogP contribution in [-0.2, 0) is 4.79 Å². The van der Waals surface area contributed by atoms with Gasteiger partial charge in [0.25, 0.3) is 0 Å². The van der Waals surface area contributed by atoms with Gasteiger partial charge in [-0.05, 0) is 26.8 Å². The van der Waals surface area contributed by atoms with Crippen molar-refractivity contribution in [2.45, 2.75) is 32.9 Å². The maximum absolute atomic E-state index is 11.5. The minimum absolute atomic E-state index is 0.141.